The molecule has 0 amide bonds. The van der Waals surface area contributed by atoms with Gasteiger partial charge in [-0.2, -0.15) is 5.26 Å². The summed E-state index contributed by atoms with van der Waals surface area (Å²) < 4.78 is 18.3. The minimum absolute atomic E-state index is 0.0210. The molecule has 4 nitrogen and oxygen atoms in total. The lowest BCUT2D eigenvalue weighted by Crippen LogP contribution is -2.10. The average Bonchev–Trinajstić information content (AvgIpc) is 2.38. The van der Waals surface area contributed by atoms with E-state index in [2.05, 4.69) is 4.98 Å². The Morgan fingerprint density at radius 1 is 1.33 bits per heavy atom. The fraction of sp³-hybridized carbons (Fsp3) is 0.0769. The minimum atomic E-state index is -0.514. The van der Waals surface area contributed by atoms with E-state index in [0.29, 0.717) is 11.3 Å². The van der Waals surface area contributed by atoms with Crippen LogP contribution >= 0.6 is 0 Å². The van der Waals surface area contributed by atoms with Crippen LogP contribution in [0.4, 0.5) is 4.39 Å². The van der Waals surface area contributed by atoms with Crippen LogP contribution in [-0.2, 0) is 0 Å². The van der Waals surface area contributed by atoms with Crippen molar-refractivity contribution in [2.24, 2.45) is 0 Å². The highest BCUT2D eigenvalue weighted by molar-refractivity contribution is 5.60. The maximum atomic E-state index is 13.5. The number of H-pyrrole nitrogens is 1. The van der Waals surface area contributed by atoms with E-state index in [1.807, 2.05) is 0 Å². The molecule has 90 valence electrons. The molecule has 0 fully saturated rings. The second-order valence-corrected chi connectivity index (χ2v) is 3.58. The lowest BCUT2D eigenvalue weighted by Gasteiger charge is -2.05. The van der Waals surface area contributed by atoms with Gasteiger partial charge in [-0.3, -0.25) is 4.79 Å². The Morgan fingerprint density at radius 2 is 2.11 bits per heavy atom. The molecule has 2 rings (SSSR count). The highest BCUT2D eigenvalue weighted by atomic mass is 19.1. The van der Waals surface area contributed by atoms with Gasteiger partial charge in [-0.05, 0) is 30.3 Å². The predicted molar refractivity (Wildman–Crippen MR) is 63.7 cm³/mol. The van der Waals surface area contributed by atoms with Crippen LogP contribution in [0.25, 0.3) is 11.3 Å². The molecule has 1 aromatic heterocycles. The Bertz CT molecular complexity index is 686. The van der Waals surface area contributed by atoms with E-state index in [1.165, 1.54) is 25.3 Å². The lowest BCUT2D eigenvalue weighted by molar-refractivity contribution is 0.386. The predicted octanol–water partition coefficient (Wildman–Crippen LogP) is 2.06. The molecule has 0 radical (unpaired) electrons. The van der Waals surface area contributed by atoms with Crippen molar-refractivity contribution in [3.05, 3.63) is 52.1 Å². The van der Waals surface area contributed by atoms with Gasteiger partial charge in [0.05, 0.1) is 7.11 Å². The lowest BCUT2D eigenvalue weighted by atomic mass is 10.1. The number of halogens is 1. The Morgan fingerprint density at radius 3 is 2.67 bits per heavy atom. The van der Waals surface area contributed by atoms with Crippen LogP contribution in [0.3, 0.4) is 0 Å². The van der Waals surface area contributed by atoms with Crippen LogP contribution in [0.5, 0.6) is 5.75 Å². The standard InChI is InChI=1S/C13H9FN2O2/c1-18-12-5-3-8(6-10(12)14)11-4-2-9(7-15)13(17)16-11/h2-6H,1H3,(H,16,17). The summed E-state index contributed by atoms with van der Waals surface area (Å²) in [7, 11) is 1.38. The van der Waals surface area contributed by atoms with Crippen molar-refractivity contribution in [1.82, 2.24) is 4.98 Å². The average molecular weight is 244 g/mol. The van der Waals surface area contributed by atoms with Gasteiger partial charge < -0.3 is 9.72 Å². The monoisotopic (exact) mass is 244 g/mol. The normalized spacial score (nSPS) is 9.83. The quantitative estimate of drug-likeness (QED) is 0.879. The molecule has 0 unspecified atom stereocenters. The van der Waals surface area contributed by atoms with E-state index < -0.39 is 11.4 Å². The number of aromatic amines is 1. The molecule has 5 heteroatoms. The van der Waals surface area contributed by atoms with Gasteiger partial charge in [-0.25, -0.2) is 4.39 Å². The molecular formula is C13H9FN2O2. The first-order valence-electron chi connectivity index (χ1n) is 5.13. The first-order valence-corrected chi connectivity index (χ1v) is 5.13. The van der Waals surface area contributed by atoms with Crippen molar-refractivity contribution < 1.29 is 9.13 Å². The fourth-order valence-corrected chi connectivity index (χ4v) is 1.56. The number of methoxy groups -OCH3 is 1. The van der Waals surface area contributed by atoms with Crippen LogP contribution in [-0.4, -0.2) is 12.1 Å². The summed E-state index contributed by atoms with van der Waals surface area (Å²) in [6.07, 6.45) is 0. The first-order chi connectivity index (χ1) is 8.65. The summed E-state index contributed by atoms with van der Waals surface area (Å²) in [6, 6.07) is 9.08. The van der Waals surface area contributed by atoms with E-state index in [0.717, 1.165) is 0 Å². The highest BCUT2D eigenvalue weighted by Gasteiger charge is 2.07. The van der Waals surface area contributed by atoms with Gasteiger partial charge in [-0.15, -0.1) is 0 Å². The van der Waals surface area contributed by atoms with Crippen molar-refractivity contribution in [1.29, 1.82) is 5.26 Å². The van der Waals surface area contributed by atoms with Crippen LogP contribution in [0.15, 0.2) is 35.1 Å². The molecule has 0 saturated carbocycles. The number of nitrogens with zero attached hydrogens (tertiary/aromatic N) is 1. The van der Waals surface area contributed by atoms with Gasteiger partial charge in [-0.1, -0.05) is 0 Å². The van der Waals surface area contributed by atoms with E-state index in [4.69, 9.17) is 10.00 Å². The molecule has 1 aromatic carbocycles. The summed E-state index contributed by atoms with van der Waals surface area (Å²) in [5, 5.41) is 8.65. The molecule has 0 bridgehead atoms. The summed E-state index contributed by atoms with van der Waals surface area (Å²) in [5.41, 5.74) is 0.481. The smallest absolute Gasteiger partial charge is 0.266 e. The third kappa shape index (κ3) is 2.09. The zero-order valence-corrected chi connectivity index (χ0v) is 9.53. The molecule has 0 saturated heterocycles. The second kappa shape index (κ2) is 4.72. The number of hydrogen-bond donors (Lipinski definition) is 1. The summed E-state index contributed by atoms with van der Waals surface area (Å²) in [4.78, 5) is 14.0. The Balaban J connectivity index is 2.50. The van der Waals surface area contributed by atoms with Crippen molar-refractivity contribution in [3.8, 4) is 23.1 Å². The molecule has 0 aliphatic rings. The van der Waals surface area contributed by atoms with Gasteiger partial charge >= 0.3 is 0 Å². The summed E-state index contributed by atoms with van der Waals surface area (Å²) >= 11 is 0. The molecule has 1 heterocycles. The number of benzene rings is 1. The van der Waals surface area contributed by atoms with Crippen LogP contribution in [0.1, 0.15) is 5.56 Å². The van der Waals surface area contributed by atoms with Crippen molar-refractivity contribution in [2.75, 3.05) is 7.11 Å². The van der Waals surface area contributed by atoms with Crippen LogP contribution < -0.4 is 10.3 Å². The first kappa shape index (κ1) is 11.9. The fourth-order valence-electron chi connectivity index (χ4n) is 1.56. The topological polar surface area (TPSA) is 65.9 Å². The van der Waals surface area contributed by atoms with E-state index in [1.54, 1.807) is 18.2 Å². The molecule has 18 heavy (non-hydrogen) atoms. The maximum Gasteiger partial charge on any atom is 0.266 e. The SMILES string of the molecule is COc1ccc(-c2ccc(C#N)c(=O)[nH]2)cc1F. The van der Waals surface area contributed by atoms with E-state index >= 15 is 0 Å². The van der Waals surface area contributed by atoms with E-state index in [-0.39, 0.29) is 11.3 Å². The van der Waals surface area contributed by atoms with Gasteiger partial charge in [0.25, 0.3) is 5.56 Å². The Kier molecular flexibility index (Phi) is 3.11. The summed E-state index contributed by atoms with van der Waals surface area (Å²) in [5.74, 6) is -0.380. The maximum absolute atomic E-state index is 13.5. The van der Waals surface area contributed by atoms with Gasteiger partial charge in [0.15, 0.2) is 11.6 Å². The molecule has 0 atom stereocenters. The Labute approximate surface area is 102 Å². The number of hydrogen-bond acceptors (Lipinski definition) is 3. The van der Waals surface area contributed by atoms with Crippen LogP contribution in [0.2, 0.25) is 0 Å². The molecule has 2 aromatic rings. The zero-order valence-electron chi connectivity index (χ0n) is 9.53. The molecular weight excluding hydrogens is 235 g/mol. The van der Waals surface area contributed by atoms with Gasteiger partial charge in [0.1, 0.15) is 11.6 Å². The third-order valence-electron chi connectivity index (χ3n) is 2.49. The van der Waals surface area contributed by atoms with Crippen molar-refractivity contribution in [3.63, 3.8) is 0 Å². The highest BCUT2D eigenvalue weighted by Crippen LogP contribution is 2.23. The molecule has 0 spiro atoms. The van der Waals surface area contributed by atoms with Crippen molar-refractivity contribution in [2.45, 2.75) is 0 Å². The number of aromatic nitrogens is 1. The molecule has 0 aliphatic carbocycles. The number of ether oxygens (including phenoxy) is 1. The number of nitriles is 1. The molecule has 0 aliphatic heterocycles. The van der Waals surface area contributed by atoms with Crippen LogP contribution in [0, 0.1) is 17.1 Å². The minimum Gasteiger partial charge on any atom is -0.494 e. The Hall–Kier alpha value is -2.61. The zero-order chi connectivity index (χ0) is 13.1. The number of pyridine rings is 1. The van der Waals surface area contributed by atoms with Gasteiger partial charge in [0.2, 0.25) is 0 Å². The number of rotatable bonds is 2. The van der Waals surface area contributed by atoms with Crippen molar-refractivity contribution >= 4 is 0 Å². The summed E-state index contributed by atoms with van der Waals surface area (Å²) in [6.45, 7) is 0. The molecule has 1 N–H and O–H groups in total. The largest absolute Gasteiger partial charge is 0.494 e. The number of nitrogens with one attached hydrogen (secondary N) is 1. The van der Waals surface area contributed by atoms with Gasteiger partial charge in [0, 0.05) is 11.3 Å². The van der Waals surface area contributed by atoms with E-state index in [9.17, 15) is 9.18 Å². The second-order valence-electron chi connectivity index (χ2n) is 3.58. The third-order valence-corrected chi connectivity index (χ3v) is 2.49.